The van der Waals surface area contributed by atoms with Gasteiger partial charge in [-0.05, 0) is 35.4 Å². The van der Waals surface area contributed by atoms with Crippen molar-refractivity contribution in [1.82, 2.24) is 0 Å². The van der Waals surface area contributed by atoms with Crippen molar-refractivity contribution in [2.75, 3.05) is 11.4 Å². The molecule has 0 radical (unpaired) electrons. The van der Waals surface area contributed by atoms with E-state index in [-0.39, 0.29) is 6.10 Å². The Morgan fingerprint density at radius 1 is 0.926 bits per heavy atom. The van der Waals surface area contributed by atoms with E-state index in [4.69, 9.17) is 16.3 Å². The molecule has 4 heteroatoms. The minimum Gasteiger partial charge on any atom is -0.363 e. The van der Waals surface area contributed by atoms with Crippen molar-refractivity contribution < 1.29 is 4.74 Å². The summed E-state index contributed by atoms with van der Waals surface area (Å²) < 4.78 is 5.92. The molecule has 134 valence electrons. The number of hydrogen-bond acceptors (Lipinski definition) is 3. The van der Waals surface area contributed by atoms with Crippen LogP contribution in [0.3, 0.4) is 0 Å². The number of benzene rings is 3. The van der Waals surface area contributed by atoms with E-state index in [1.165, 1.54) is 5.56 Å². The van der Waals surface area contributed by atoms with Gasteiger partial charge in [0.2, 0.25) is 5.60 Å². The van der Waals surface area contributed by atoms with Crippen molar-refractivity contribution in [3.63, 3.8) is 0 Å². The van der Waals surface area contributed by atoms with Gasteiger partial charge in [-0.25, -0.2) is 0 Å². The van der Waals surface area contributed by atoms with Crippen LogP contribution in [0.15, 0.2) is 84.9 Å². The predicted molar refractivity (Wildman–Crippen MR) is 108 cm³/mol. The number of nitriles is 1. The van der Waals surface area contributed by atoms with Gasteiger partial charge in [0.05, 0.1) is 6.54 Å². The molecule has 1 fully saturated rings. The molecule has 0 spiro atoms. The lowest BCUT2D eigenvalue weighted by atomic mass is 9.99. The molecule has 0 aliphatic carbocycles. The molecule has 0 N–H and O–H groups in total. The third-order valence-electron chi connectivity index (χ3n) is 4.82. The minimum atomic E-state index is -0.849. The largest absolute Gasteiger partial charge is 0.363 e. The van der Waals surface area contributed by atoms with E-state index in [9.17, 15) is 5.26 Å². The third kappa shape index (κ3) is 3.83. The summed E-state index contributed by atoms with van der Waals surface area (Å²) in [7, 11) is 0. The van der Waals surface area contributed by atoms with Crippen molar-refractivity contribution in [2.24, 2.45) is 0 Å². The van der Waals surface area contributed by atoms with Gasteiger partial charge in [0.15, 0.2) is 0 Å². The average Bonchev–Trinajstić information content (AvgIpc) is 3.44. The van der Waals surface area contributed by atoms with Gasteiger partial charge in [0.1, 0.15) is 12.2 Å². The number of epoxide rings is 1. The first-order valence-electron chi connectivity index (χ1n) is 8.89. The van der Waals surface area contributed by atoms with E-state index in [0.29, 0.717) is 18.1 Å². The van der Waals surface area contributed by atoms with Crippen LogP contribution in [0.25, 0.3) is 0 Å². The summed E-state index contributed by atoms with van der Waals surface area (Å²) >= 11 is 5.98. The van der Waals surface area contributed by atoms with E-state index in [1.54, 1.807) is 0 Å². The highest BCUT2D eigenvalue weighted by molar-refractivity contribution is 6.30. The fourth-order valence-electron chi connectivity index (χ4n) is 3.36. The first-order valence-corrected chi connectivity index (χ1v) is 9.26. The van der Waals surface area contributed by atoms with Crippen LogP contribution in [0.5, 0.6) is 0 Å². The highest BCUT2D eigenvalue weighted by Crippen LogP contribution is 2.50. The molecule has 3 aromatic rings. The molecule has 0 aromatic heterocycles. The Hall–Kier alpha value is -2.80. The molecular weight excluding hydrogens is 356 g/mol. The lowest BCUT2D eigenvalue weighted by Crippen LogP contribution is -2.34. The Labute approximate surface area is 164 Å². The van der Waals surface area contributed by atoms with Crippen LogP contribution in [-0.2, 0) is 11.3 Å². The van der Waals surface area contributed by atoms with Gasteiger partial charge in [-0.1, -0.05) is 72.3 Å². The lowest BCUT2D eigenvalue weighted by molar-refractivity contribution is 0.335. The van der Waals surface area contributed by atoms with Crippen LogP contribution < -0.4 is 4.90 Å². The normalized spacial score (nSPS) is 20.7. The molecule has 3 aromatic carbocycles. The molecule has 1 heterocycles. The molecule has 1 aliphatic heterocycles. The number of ether oxygens (including phenoxy) is 1. The van der Waals surface area contributed by atoms with Crippen LogP contribution >= 0.6 is 11.6 Å². The van der Waals surface area contributed by atoms with Gasteiger partial charge >= 0.3 is 0 Å². The number of para-hydroxylation sites is 1. The summed E-state index contributed by atoms with van der Waals surface area (Å²) in [5.41, 5.74) is 2.39. The van der Waals surface area contributed by atoms with E-state index < -0.39 is 5.60 Å². The second-order valence-corrected chi connectivity index (χ2v) is 7.16. The van der Waals surface area contributed by atoms with Crippen LogP contribution in [0.2, 0.25) is 5.02 Å². The Morgan fingerprint density at radius 2 is 1.56 bits per heavy atom. The molecular formula is C23H19ClN2O. The zero-order valence-corrected chi connectivity index (χ0v) is 15.5. The van der Waals surface area contributed by atoms with E-state index >= 15 is 0 Å². The molecule has 0 amide bonds. The second kappa shape index (κ2) is 7.44. The highest BCUT2D eigenvalue weighted by Gasteiger charge is 2.59. The summed E-state index contributed by atoms with van der Waals surface area (Å²) in [6, 6.07) is 30.3. The summed E-state index contributed by atoms with van der Waals surface area (Å²) in [4.78, 5) is 2.20. The van der Waals surface area contributed by atoms with E-state index in [1.807, 2.05) is 60.7 Å². The van der Waals surface area contributed by atoms with Crippen LogP contribution in [0.1, 0.15) is 17.2 Å². The van der Waals surface area contributed by atoms with Crippen molar-refractivity contribution in [3.05, 3.63) is 101 Å². The number of hydrogen-bond donors (Lipinski definition) is 0. The minimum absolute atomic E-state index is 0.234. The second-order valence-electron chi connectivity index (χ2n) is 6.73. The van der Waals surface area contributed by atoms with E-state index in [2.05, 4.69) is 35.2 Å². The monoisotopic (exact) mass is 374 g/mol. The summed E-state index contributed by atoms with van der Waals surface area (Å²) in [5, 5.41) is 10.6. The van der Waals surface area contributed by atoms with Crippen LogP contribution in [-0.4, -0.2) is 12.1 Å². The van der Waals surface area contributed by atoms with Gasteiger partial charge in [0, 0.05) is 17.3 Å². The van der Waals surface area contributed by atoms with Gasteiger partial charge in [-0.2, -0.15) is 5.26 Å². The maximum atomic E-state index is 9.88. The number of nitrogens with zero attached hydrogens (tertiary/aromatic N) is 2. The van der Waals surface area contributed by atoms with E-state index in [0.717, 1.165) is 11.3 Å². The standard InChI is InChI=1S/C23H19ClN2O/c24-20-13-11-19(12-14-20)22-23(16-25,27-22)17-26(21-9-5-2-6-10-21)15-18-7-3-1-4-8-18/h1-14,22H,15,17H2/t22-,23+/m0/s1. The predicted octanol–water partition coefficient (Wildman–Crippen LogP) is 5.38. The van der Waals surface area contributed by atoms with Crippen molar-refractivity contribution in [1.29, 1.82) is 5.26 Å². The Morgan fingerprint density at radius 3 is 2.19 bits per heavy atom. The first kappa shape index (κ1) is 17.6. The lowest BCUT2D eigenvalue weighted by Gasteiger charge is -2.26. The Kier molecular flexibility index (Phi) is 4.85. The molecule has 3 nitrogen and oxygen atoms in total. The SMILES string of the molecule is N#C[C@]1(CN(Cc2ccccc2)c2ccccc2)O[C@H]1c1ccc(Cl)cc1. The van der Waals surface area contributed by atoms with Gasteiger partial charge in [-0.3, -0.25) is 0 Å². The molecule has 4 rings (SSSR count). The molecule has 1 aliphatic rings. The molecule has 0 saturated carbocycles. The average molecular weight is 375 g/mol. The topological polar surface area (TPSA) is 39.6 Å². The summed E-state index contributed by atoms with van der Waals surface area (Å²) in [5.74, 6) is 0. The van der Waals surface area contributed by atoms with Gasteiger partial charge in [0.25, 0.3) is 0 Å². The van der Waals surface area contributed by atoms with Crippen molar-refractivity contribution in [3.8, 4) is 6.07 Å². The molecule has 0 bridgehead atoms. The summed E-state index contributed by atoms with van der Waals surface area (Å²) in [6.07, 6.45) is -0.234. The first-order chi connectivity index (χ1) is 13.2. The van der Waals surface area contributed by atoms with Crippen molar-refractivity contribution >= 4 is 17.3 Å². The zero-order valence-electron chi connectivity index (χ0n) is 14.8. The Balaban J connectivity index is 1.59. The fraction of sp³-hybridized carbons (Fsp3) is 0.174. The maximum Gasteiger partial charge on any atom is 0.202 e. The van der Waals surface area contributed by atoms with Crippen LogP contribution in [0.4, 0.5) is 5.69 Å². The number of rotatable bonds is 6. The third-order valence-corrected chi connectivity index (χ3v) is 5.07. The number of anilines is 1. The highest BCUT2D eigenvalue weighted by atomic mass is 35.5. The van der Waals surface area contributed by atoms with Crippen molar-refractivity contribution in [2.45, 2.75) is 18.2 Å². The molecule has 27 heavy (non-hydrogen) atoms. The molecule has 2 atom stereocenters. The number of halogens is 1. The molecule has 1 saturated heterocycles. The van der Waals surface area contributed by atoms with Gasteiger partial charge in [-0.15, -0.1) is 0 Å². The van der Waals surface area contributed by atoms with Gasteiger partial charge < -0.3 is 9.64 Å². The maximum absolute atomic E-state index is 9.88. The smallest absolute Gasteiger partial charge is 0.202 e. The van der Waals surface area contributed by atoms with Crippen LogP contribution in [0, 0.1) is 11.3 Å². The zero-order chi connectivity index (χ0) is 18.7. The fourth-order valence-corrected chi connectivity index (χ4v) is 3.48. The molecule has 0 unspecified atom stereocenters. The summed E-state index contributed by atoms with van der Waals surface area (Å²) in [6.45, 7) is 1.21. The Bertz CT molecular complexity index is 938. The quantitative estimate of drug-likeness (QED) is 0.544.